The van der Waals surface area contributed by atoms with E-state index in [0.29, 0.717) is 12.8 Å². The first kappa shape index (κ1) is 12.2. The van der Waals surface area contributed by atoms with E-state index in [9.17, 15) is 4.79 Å². The number of carboxylic acids is 1. The molecule has 0 aliphatic rings. The zero-order chi connectivity index (χ0) is 11.8. The van der Waals surface area contributed by atoms with E-state index in [0.717, 1.165) is 5.56 Å². The number of rotatable bonds is 6. The predicted octanol–water partition coefficient (Wildman–Crippen LogP) is 3.37. The molecule has 0 aliphatic carbocycles. The topological polar surface area (TPSA) is 37.3 Å². The smallest absolute Gasteiger partial charge is 0.307 e. The summed E-state index contributed by atoms with van der Waals surface area (Å²) in [6, 6.07) is 9.84. The first-order valence-electron chi connectivity index (χ1n) is 5.29. The molecule has 0 aliphatic heterocycles. The van der Waals surface area contributed by atoms with Crippen molar-refractivity contribution in [1.29, 1.82) is 0 Å². The average Bonchev–Trinajstić information content (AvgIpc) is 2.29. The molecule has 2 heteroatoms. The lowest BCUT2D eigenvalue weighted by molar-refractivity contribution is -0.141. The highest BCUT2D eigenvalue weighted by molar-refractivity contribution is 5.70. The number of aliphatic carboxylic acids is 1. The van der Waals surface area contributed by atoms with Crippen molar-refractivity contribution in [2.24, 2.45) is 5.92 Å². The largest absolute Gasteiger partial charge is 0.481 e. The van der Waals surface area contributed by atoms with Crippen LogP contribution < -0.4 is 0 Å². The fourth-order valence-corrected chi connectivity index (χ4v) is 1.43. The van der Waals surface area contributed by atoms with E-state index in [1.807, 2.05) is 42.5 Å². The molecule has 0 fully saturated rings. The molecular weight excluding hydrogens is 200 g/mol. The molecule has 1 aromatic rings. The molecular formula is C14H16O2. The molecule has 0 saturated carbocycles. The van der Waals surface area contributed by atoms with Gasteiger partial charge in [0.1, 0.15) is 0 Å². The summed E-state index contributed by atoms with van der Waals surface area (Å²) in [6.07, 6.45) is 6.54. The van der Waals surface area contributed by atoms with Gasteiger partial charge in [-0.3, -0.25) is 4.79 Å². The molecule has 0 unspecified atom stereocenters. The molecule has 0 aromatic heterocycles. The number of allylic oxidation sites excluding steroid dienone is 2. The van der Waals surface area contributed by atoms with E-state index in [-0.39, 0.29) is 5.92 Å². The van der Waals surface area contributed by atoms with Crippen LogP contribution in [0.5, 0.6) is 0 Å². The Morgan fingerprint density at radius 3 is 2.56 bits per heavy atom. The van der Waals surface area contributed by atoms with Crippen LogP contribution in [0.15, 0.2) is 49.1 Å². The number of carboxylic acid groups (broad SMARTS) is 1. The Hall–Kier alpha value is -1.83. The minimum Gasteiger partial charge on any atom is -0.481 e. The van der Waals surface area contributed by atoms with Gasteiger partial charge in [0.25, 0.3) is 0 Å². The maximum absolute atomic E-state index is 10.9. The Morgan fingerprint density at radius 2 is 2.00 bits per heavy atom. The third-order valence-electron chi connectivity index (χ3n) is 2.33. The third kappa shape index (κ3) is 4.13. The maximum Gasteiger partial charge on any atom is 0.307 e. The summed E-state index contributed by atoms with van der Waals surface area (Å²) < 4.78 is 0. The SMILES string of the molecule is C=CC[C@H](C/C=C/c1ccccc1)C(=O)O. The van der Waals surface area contributed by atoms with Crippen LogP contribution in [-0.4, -0.2) is 11.1 Å². The van der Waals surface area contributed by atoms with E-state index < -0.39 is 5.97 Å². The average molecular weight is 216 g/mol. The summed E-state index contributed by atoms with van der Waals surface area (Å²) in [6.45, 7) is 3.56. The molecule has 1 rings (SSSR count). The Kier molecular flexibility index (Phi) is 5.06. The van der Waals surface area contributed by atoms with Crippen LogP contribution in [0.1, 0.15) is 18.4 Å². The Bertz CT molecular complexity index is 366. The fourth-order valence-electron chi connectivity index (χ4n) is 1.43. The molecule has 16 heavy (non-hydrogen) atoms. The summed E-state index contributed by atoms with van der Waals surface area (Å²) in [5.74, 6) is -1.13. The second kappa shape index (κ2) is 6.62. The van der Waals surface area contributed by atoms with Gasteiger partial charge in [0.15, 0.2) is 0 Å². The van der Waals surface area contributed by atoms with E-state index in [1.54, 1.807) is 6.08 Å². The van der Waals surface area contributed by atoms with Gasteiger partial charge in [-0.2, -0.15) is 0 Å². The first-order chi connectivity index (χ1) is 7.74. The van der Waals surface area contributed by atoms with Crippen molar-refractivity contribution in [2.45, 2.75) is 12.8 Å². The minimum atomic E-state index is -0.766. The first-order valence-corrected chi connectivity index (χ1v) is 5.29. The van der Waals surface area contributed by atoms with Crippen LogP contribution in [0.25, 0.3) is 6.08 Å². The Morgan fingerprint density at radius 1 is 1.31 bits per heavy atom. The molecule has 2 nitrogen and oxygen atoms in total. The second-order valence-electron chi connectivity index (χ2n) is 3.61. The van der Waals surface area contributed by atoms with Gasteiger partial charge >= 0.3 is 5.97 Å². The molecule has 0 bridgehead atoms. The van der Waals surface area contributed by atoms with Gasteiger partial charge in [0.2, 0.25) is 0 Å². The summed E-state index contributed by atoms with van der Waals surface area (Å²) in [5.41, 5.74) is 1.09. The van der Waals surface area contributed by atoms with E-state index >= 15 is 0 Å². The van der Waals surface area contributed by atoms with Crippen LogP contribution in [0.4, 0.5) is 0 Å². The maximum atomic E-state index is 10.9. The number of carbonyl (C=O) groups is 1. The number of benzene rings is 1. The lowest BCUT2D eigenvalue weighted by atomic mass is 10.0. The third-order valence-corrected chi connectivity index (χ3v) is 2.33. The Balaban J connectivity index is 2.52. The summed E-state index contributed by atoms with van der Waals surface area (Å²) >= 11 is 0. The van der Waals surface area contributed by atoms with Crippen LogP contribution in [0.2, 0.25) is 0 Å². The molecule has 0 amide bonds. The van der Waals surface area contributed by atoms with Crippen molar-refractivity contribution >= 4 is 12.0 Å². The fraction of sp³-hybridized carbons (Fsp3) is 0.214. The highest BCUT2D eigenvalue weighted by Crippen LogP contribution is 2.12. The summed E-state index contributed by atoms with van der Waals surface area (Å²) in [4.78, 5) is 10.9. The van der Waals surface area contributed by atoms with Gasteiger partial charge in [-0.25, -0.2) is 0 Å². The van der Waals surface area contributed by atoms with Gasteiger partial charge in [0.05, 0.1) is 5.92 Å². The number of hydrogen-bond donors (Lipinski definition) is 1. The van der Waals surface area contributed by atoms with Crippen molar-refractivity contribution < 1.29 is 9.90 Å². The summed E-state index contributed by atoms with van der Waals surface area (Å²) in [5, 5.41) is 8.92. The van der Waals surface area contributed by atoms with Gasteiger partial charge in [-0.1, -0.05) is 48.6 Å². The highest BCUT2D eigenvalue weighted by Gasteiger charge is 2.12. The van der Waals surface area contributed by atoms with Crippen molar-refractivity contribution in [1.82, 2.24) is 0 Å². The quantitative estimate of drug-likeness (QED) is 0.740. The van der Waals surface area contributed by atoms with Crippen molar-refractivity contribution in [3.63, 3.8) is 0 Å². The zero-order valence-electron chi connectivity index (χ0n) is 9.17. The lowest BCUT2D eigenvalue weighted by Gasteiger charge is -2.05. The van der Waals surface area contributed by atoms with Crippen molar-refractivity contribution in [2.75, 3.05) is 0 Å². The van der Waals surface area contributed by atoms with Crippen molar-refractivity contribution in [3.8, 4) is 0 Å². The van der Waals surface area contributed by atoms with Gasteiger partial charge in [0, 0.05) is 0 Å². The summed E-state index contributed by atoms with van der Waals surface area (Å²) in [7, 11) is 0. The Labute approximate surface area is 95.9 Å². The highest BCUT2D eigenvalue weighted by atomic mass is 16.4. The zero-order valence-corrected chi connectivity index (χ0v) is 9.17. The van der Waals surface area contributed by atoms with Crippen LogP contribution in [-0.2, 0) is 4.79 Å². The van der Waals surface area contributed by atoms with Crippen LogP contribution in [0, 0.1) is 5.92 Å². The molecule has 1 N–H and O–H groups in total. The second-order valence-corrected chi connectivity index (χ2v) is 3.61. The molecule has 0 heterocycles. The van der Waals surface area contributed by atoms with Crippen LogP contribution in [0.3, 0.4) is 0 Å². The van der Waals surface area contributed by atoms with E-state index in [4.69, 9.17) is 5.11 Å². The predicted molar refractivity (Wildman–Crippen MR) is 66.0 cm³/mol. The van der Waals surface area contributed by atoms with Crippen molar-refractivity contribution in [3.05, 3.63) is 54.6 Å². The molecule has 1 aromatic carbocycles. The molecule has 0 spiro atoms. The normalized spacial score (nSPS) is 12.5. The standard InChI is InChI=1S/C14H16O2/c1-2-7-13(14(15)16)11-6-10-12-8-4-3-5-9-12/h2-6,8-10,13H,1,7,11H2,(H,15,16)/b10-6+/t13-/m1/s1. The van der Waals surface area contributed by atoms with Gasteiger partial charge < -0.3 is 5.11 Å². The molecule has 1 atom stereocenters. The van der Waals surface area contributed by atoms with Gasteiger partial charge in [-0.05, 0) is 18.4 Å². The van der Waals surface area contributed by atoms with Gasteiger partial charge in [-0.15, -0.1) is 6.58 Å². The molecule has 0 saturated heterocycles. The lowest BCUT2D eigenvalue weighted by Crippen LogP contribution is -2.11. The van der Waals surface area contributed by atoms with Crippen LogP contribution >= 0.6 is 0 Å². The molecule has 84 valence electrons. The molecule has 0 radical (unpaired) electrons. The van der Waals surface area contributed by atoms with E-state index in [1.165, 1.54) is 0 Å². The minimum absolute atomic E-state index is 0.363. The monoisotopic (exact) mass is 216 g/mol. The number of hydrogen-bond acceptors (Lipinski definition) is 1. The van der Waals surface area contributed by atoms with E-state index in [2.05, 4.69) is 6.58 Å².